The summed E-state index contributed by atoms with van der Waals surface area (Å²) in [6, 6.07) is 16.7. The fourth-order valence-electron chi connectivity index (χ4n) is 4.44. The second kappa shape index (κ2) is 11.2. The van der Waals surface area contributed by atoms with E-state index in [0.29, 0.717) is 24.5 Å². The van der Waals surface area contributed by atoms with E-state index in [2.05, 4.69) is 4.90 Å². The Morgan fingerprint density at radius 3 is 2.18 bits per heavy atom. The van der Waals surface area contributed by atoms with E-state index in [9.17, 15) is 14.7 Å². The highest BCUT2D eigenvalue weighted by molar-refractivity contribution is 7.81. The lowest BCUT2D eigenvalue weighted by atomic mass is 10.0. The average Bonchev–Trinajstić information content (AvgIpc) is 2.94. The zero-order valence-corrected chi connectivity index (χ0v) is 23.1. The van der Waals surface area contributed by atoms with E-state index in [4.69, 9.17) is 44.9 Å². The number of methoxy groups -OCH3 is 1. The number of morpholine rings is 1. The molecule has 11 heteroatoms. The van der Waals surface area contributed by atoms with Gasteiger partial charge in [0.15, 0.2) is 16.6 Å². The number of aromatic hydroxyl groups is 1. The van der Waals surface area contributed by atoms with Crippen molar-refractivity contribution in [3.63, 3.8) is 0 Å². The molecule has 0 bridgehead atoms. The number of para-hydroxylation sites is 1. The molecular formula is C28H23Cl2N3O5S. The number of phenols is 1. The zero-order chi connectivity index (χ0) is 27.7. The number of halogens is 2. The number of hydrogen-bond donors (Lipinski definition) is 1. The van der Waals surface area contributed by atoms with Gasteiger partial charge >= 0.3 is 0 Å². The van der Waals surface area contributed by atoms with Gasteiger partial charge < -0.3 is 19.5 Å². The minimum Gasteiger partial charge on any atom is -0.504 e. The minimum absolute atomic E-state index is 0.0754. The molecule has 2 amide bonds. The lowest BCUT2D eigenvalue weighted by Crippen LogP contribution is -2.57. The third-order valence-electron chi connectivity index (χ3n) is 6.41. The first-order chi connectivity index (χ1) is 18.8. The van der Waals surface area contributed by atoms with Gasteiger partial charge in [-0.05, 0) is 72.4 Å². The lowest BCUT2D eigenvalue weighted by Gasteiger charge is -2.37. The zero-order valence-electron chi connectivity index (χ0n) is 20.8. The van der Waals surface area contributed by atoms with Crippen molar-refractivity contribution in [1.82, 2.24) is 0 Å². The number of carbonyl (C=O) groups excluding carboxylic acids is 2. The summed E-state index contributed by atoms with van der Waals surface area (Å²) in [7, 11) is 1.41. The van der Waals surface area contributed by atoms with Crippen LogP contribution in [0.2, 0.25) is 10.0 Å². The Balaban J connectivity index is 1.61. The van der Waals surface area contributed by atoms with Crippen molar-refractivity contribution in [1.29, 1.82) is 0 Å². The average molecular weight is 584 g/mol. The molecule has 2 aliphatic heterocycles. The molecule has 0 unspecified atom stereocenters. The second-order valence-electron chi connectivity index (χ2n) is 8.74. The Labute approximate surface area is 240 Å². The fraction of sp³-hybridized carbons (Fsp3) is 0.179. The molecule has 2 heterocycles. The number of rotatable bonds is 5. The first kappa shape index (κ1) is 27.0. The summed E-state index contributed by atoms with van der Waals surface area (Å²) in [5.41, 5.74) is 1.90. The molecule has 8 nitrogen and oxygen atoms in total. The van der Waals surface area contributed by atoms with Gasteiger partial charge in [0.2, 0.25) is 0 Å². The van der Waals surface area contributed by atoms with Crippen LogP contribution in [0.5, 0.6) is 11.5 Å². The van der Waals surface area contributed by atoms with Crippen LogP contribution in [0.4, 0.5) is 17.1 Å². The summed E-state index contributed by atoms with van der Waals surface area (Å²) in [6.07, 6.45) is 1.42. The summed E-state index contributed by atoms with van der Waals surface area (Å²) >= 11 is 18.7. The summed E-state index contributed by atoms with van der Waals surface area (Å²) in [4.78, 5) is 32.3. The molecular weight excluding hydrogens is 561 g/mol. The van der Waals surface area contributed by atoms with Gasteiger partial charge in [0, 0.05) is 18.8 Å². The number of carbonyl (C=O) groups is 2. The van der Waals surface area contributed by atoms with Crippen molar-refractivity contribution in [3.8, 4) is 11.5 Å². The SMILES string of the molecule is COc1cc(/C=C2/C(=O)N(c3ccc(N4CCOCC4)cc3)C(=S)N(c3c(Cl)cccc3Cl)C2=O)ccc1O. The summed E-state index contributed by atoms with van der Waals surface area (Å²) in [5, 5.41) is 10.3. The Morgan fingerprint density at radius 1 is 0.923 bits per heavy atom. The number of ether oxygens (including phenoxy) is 2. The highest BCUT2D eigenvalue weighted by Gasteiger charge is 2.42. The number of benzene rings is 3. The quantitative estimate of drug-likeness (QED) is 0.248. The Hall–Kier alpha value is -3.63. The molecule has 3 aromatic carbocycles. The van der Waals surface area contributed by atoms with Crippen LogP contribution in [-0.2, 0) is 14.3 Å². The molecule has 2 fully saturated rings. The smallest absolute Gasteiger partial charge is 0.270 e. The van der Waals surface area contributed by atoms with Gasteiger partial charge in [-0.15, -0.1) is 0 Å². The molecule has 0 spiro atoms. The fourth-order valence-corrected chi connectivity index (χ4v) is 5.37. The van der Waals surface area contributed by atoms with Crippen LogP contribution in [0.1, 0.15) is 5.56 Å². The molecule has 39 heavy (non-hydrogen) atoms. The van der Waals surface area contributed by atoms with Crippen molar-refractivity contribution >= 4 is 75.5 Å². The van der Waals surface area contributed by atoms with Gasteiger partial charge in [-0.2, -0.15) is 0 Å². The van der Waals surface area contributed by atoms with Crippen LogP contribution in [0.25, 0.3) is 6.08 Å². The topological polar surface area (TPSA) is 82.6 Å². The molecule has 0 saturated carbocycles. The van der Waals surface area contributed by atoms with Crippen molar-refractivity contribution in [2.75, 3.05) is 48.1 Å². The predicted octanol–water partition coefficient (Wildman–Crippen LogP) is 5.29. The number of amides is 2. The van der Waals surface area contributed by atoms with Crippen LogP contribution in [0.15, 0.2) is 66.2 Å². The van der Waals surface area contributed by atoms with E-state index < -0.39 is 11.8 Å². The van der Waals surface area contributed by atoms with Gasteiger partial charge in [-0.1, -0.05) is 35.3 Å². The van der Waals surface area contributed by atoms with Gasteiger partial charge in [0.25, 0.3) is 11.8 Å². The van der Waals surface area contributed by atoms with Crippen LogP contribution < -0.4 is 19.4 Å². The van der Waals surface area contributed by atoms with Gasteiger partial charge in [0.05, 0.1) is 41.7 Å². The Kier molecular flexibility index (Phi) is 7.76. The maximum atomic E-state index is 13.9. The normalized spacial score (nSPS) is 17.3. The molecule has 200 valence electrons. The monoisotopic (exact) mass is 583 g/mol. The molecule has 0 aliphatic carbocycles. The second-order valence-corrected chi connectivity index (χ2v) is 9.92. The van der Waals surface area contributed by atoms with Crippen LogP contribution >= 0.6 is 35.4 Å². The van der Waals surface area contributed by atoms with E-state index in [1.807, 2.05) is 12.1 Å². The van der Waals surface area contributed by atoms with Gasteiger partial charge in [0.1, 0.15) is 5.57 Å². The van der Waals surface area contributed by atoms with Crippen LogP contribution in [0.3, 0.4) is 0 Å². The van der Waals surface area contributed by atoms with Crippen LogP contribution in [-0.4, -0.2) is 55.4 Å². The number of thiocarbonyl (C=S) groups is 1. The van der Waals surface area contributed by atoms with Gasteiger partial charge in [-0.3, -0.25) is 14.5 Å². The standard InChI is InChI=1S/C28H23Cl2N3O5S/c1-37-24-16-17(5-10-23(24)34)15-20-26(35)32(19-8-6-18(7-9-19)31-11-13-38-14-12-31)28(39)33(27(20)36)25-21(29)3-2-4-22(25)30/h2-10,15-16,34H,11-14H2,1H3/b20-15-. The van der Waals surface area contributed by atoms with Gasteiger partial charge in [-0.25, -0.2) is 4.90 Å². The Morgan fingerprint density at radius 2 is 1.54 bits per heavy atom. The number of anilines is 3. The molecule has 2 aliphatic rings. The molecule has 5 rings (SSSR count). The van der Waals surface area contributed by atoms with Crippen molar-refractivity contribution in [2.45, 2.75) is 0 Å². The van der Waals surface area contributed by atoms with E-state index in [1.165, 1.54) is 35.1 Å². The first-order valence-electron chi connectivity index (χ1n) is 12.0. The summed E-state index contributed by atoms with van der Waals surface area (Å²) < 4.78 is 10.6. The third-order valence-corrected chi connectivity index (χ3v) is 7.38. The molecule has 0 atom stereocenters. The maximum Gasteiger partial charge on any atom is 0.270 e. The Bertz CT molecular complexity index is 1470. The lowest BCUT2D eigenvalue weighted by molar-refractivity contribution is -0.120. The third kappa shape index (κ3) is 5.18. The number of nitrogens with zero attached hydrogens (tertiary/aromatic N) is 3. The van der Waals surface area contributed by atoms with E-state index in [-0.39, 0.29) is 37.9 Å². The minimum atomic E-state index is -0.687. The predicted molar refractivity (Wildman–Crippen MR) is 156 cm³/mol. The summed E-state index contributed by atoms with van der Waals surface area (Å²) in [5.74, 6) is -1.19. The summed E-state index contributed by atoms with van der Waals surface area (Å²) in [6.45, 7) is 2.80. The van der Waals surface area contributed by atoms with Crippen LogP contribution in [0, 0.1) is 0 Å². The first-order valence-corrected chi connectivity index (χ1v) is 13.1. The maximum absolute atomic E-state index is 13.9. The molecule has 3 aromatic rings. The molecule has 0 radical (unpaired) electrons. The molecule has 1 N–H and O–H groups in total. The van der Waals surface area contributed by atoms with Crippen molar-refractivity contribution in [3.05, 3.63) is 81.8 Å². The van der Waals surface area contributed by atoms with Crippen molar-refractivity contribution < 1.29 is 24.2 Å². The number of hydrogen-bond acceptors (Lipinski definition) is 7. The molecule has 2 saturated heterocycles. The largest absolute Gasteiger partial charge is 0.504 e. The van der Waals surface area contributed by atoms with E-state index in [1.54, 1.807) is 36.4 Å². The van der Waals surface area contributed by atoms with E-state index in [0.717, 1.165) is 18.8 Å². The highest BCUT2D eigenvalue weighted by Crippen LogP contribution is 2.39. The highest BCUT2D eigenvalue weighted by atomic mass is 35.5. The van der Waals surface area contributed by atoms with Crippen molar-refractivity contribution in [2.24, 2.45) is 0 Å². The number of phenolic OH excluding ortho intramolecular Hbond substituents is 1. The van der Waals surface area contributed by atoms with E-state index >= 15 is 0 Å². The molecule has 0 aromatic heterocycles.